The summed E-state index contributed by atoms with van der Waals surface area (Å²) < 4.78 is 19.4. The molecule has 4 heteroatoms. The van der Waals surface area contributed by atoms with E-state index in [1.165, 1.54) is 0 Å². The van der Waals surface area contributed by atoms with Crippen molar-refractivity contribution in [3.8, 4) is 0 Å². The van der Waals surface area contributed by atoms with Gasteiger partial charge in [0.05, 0.1) is 11.3 Å². The molecule has 1 heterocycles. The predicted octanol–water partition coefficient (Wildman–Crippen LogP) is 2.26. The Kier molecular flexibility index (Phi) is 2.79. The number of rotatable bonds is 2. The van der Waals surface area contributed by atoms with Crippen molar-refractivity contribution in [3.63, 3.8) is 0 Å². The van der Waals surface area contributed by atoms with E-state index in [1.54, 1.807) is 0 Å². The van der Waals surface area contributed by atoms with Crippen LogP contribution in [-0.4, -0.2) is 13.7 Å². The fourth-order valence-electron chi connectivity index (χ4n) is 1.51. The molecular formula is C11H11NO2S. The van der Waals surface area contributed by atoms with Crippen molar-refractivity contribution in [3.05, 3.63) is 41.6 Å². The fourth-order valence-corrected chi connectivity index (χ4v) is 1.97. The van der Waals surface area contributed by atoms with E-state index >= 15 is 0 Å². The molecular weight excluding hydrogens is 210 g/mol. The number of benzene rings is 1. The number of hydrogen-bond donors (Lipinski definition) is 1. The summed E-state index contributed by atoms with van der Waals surface area (Å²) in [5.74, 6) is 0.170. The third-order valence-corrected chi connectivity index (χ3v) is 2.76. The van der Waals surface area contributed by atoms with Crippen LogP contribution in [0.2, 0.25) is 0 Å². The molecule has 78 valence electrons. The maximum atomic E-state index is 10.7. The summed E-state index contributed by atoms with van der Waals surface area (Å²) in [5.41, 5.74) is 2.75. The zero-order valence-electron chi connectivity index (χ0n) is 8.30. The summed E-state index contributed by atoms with van der Waals surface area (Å²) in [6, 6.07) is 9.52. The molecule has 1 N–H and O–H groups in total. The van der Waals surface area contributed by atoms with Gasteiger partial charge in [0.25, 0.3) is 0 Å². The first-order valence-electron chi connectivity index (χ1n) is 4.59. The third-order valence-electron chi connectivity index (χ3n) is 2.18. The van der Waals surface area contributed by atoms with Gasteiger partial charge in [-0.15, -0.1) is 0 Å². The van der Waals surface area contributed by atoms with Gasteiger partial charge >= 0.3 is 0 Å². The van der Waals surface area contributed by atoms with Gasteiger partial charge in [-0.25, -0.2) is 4.21 Å². The minimum atomic E-state index is -1.78. The van der Waals surface area contributed by atoms with Gasteiger partial charge in [-0.05, 0) is 30.7 Å². The molecule has 0 fully saturated rings. The quantitative estimate of drug-likeness (QED) is 0.791. The zero-order chi connectivity index (χ0) is 10.8. The first-order valence-corrected chi connectivity index (χ1v) is 5.86. The molecule has 15 heavy (non-hydrogen) atoms. The monoisotopic (exact) mass is 221 g/mol. The van der Waals surface area contributed by atoms with Crippen LogP contribution in [0, 0.1) is 6.92 Å². The van der Waals surface area contributed by atoms with Crippen LogP contribution in [0.25, 0.3) is 10.9 Å². The molecule has 2 rings (SSSR count). The molecule has 0 saturated carbocycles. The SMILES string of the molecule is Cc1ccc2cc(CS(=O)O)ccc2n1. The van der Waals surface area contributed by atoms with Crippen LogP contribution < -0.4 is 0 Å². The number of nitrogens with zero attached hydrogens (tertiary/aromatic N) is 1. The van der Waals surface area contributed by atoms with Crippen molar-refractivity contribution < 1.29 is 8.76 Å². The number of aryl methyl sites for hydroxylation is 1. The van der Waals surface area contributed by atoms with Crippen LogP contribution in [0.3, 0.4) is 0 Å². The maximum absolute atomic E-state index is 10.7. The molecule has 0 spiro atoms. The Labute approximate surface area is 90.4 Å². The molecule has 0 bridgehead atoms. The average molecular weight is 221 g/mol. The Hall–Kier alpha value is -1.26. The zero-order valence-corrected chi connectivity index (χ0v) is 9.12. The van der Waals surface area contributed by atoms with Crippen molar-refractivity contribution in [2.24, 2.45) is 0 Å². The highest BCUT2D eigenvalue weighted by molar-refractivity contribution is 7.78. The number of fused-ring (bicyclic) bond motifs is 1. The lowest BCUT2D eigenvalue weighted by Gasteiger charge is -2.01. The summed E-state index contributed by atoms with van der Waals surface area (Å²) >= 11 is -1.78. The summed E-state index contributed by atoms with van der Waals surface area (Å²) in [4.78, 5) is 4.36. The van der Waals surface area contributed by atoms with E-state index in [0.717, 1.165) is 22.2 Å². The molecule has 3 nitrogen and oxygen atoms in total. The third kappa shape index (κ3) is 2.40. The minimum absolute atomic E-state index is 0.170. The Morgan fingerprint density at radius 3 is 2.87 bits per heavy atom. The van der Waals surface area contributed by atoms with Gasteiger partial charge in [-0.3, -0.25) is 4.98 Å². The second-order valence-electron chi connectivity index (χ2n) is 3.45. The molecule has 1 atom stereocenters. The molecule has 0 radical (unpaired) electrons. The summed E-state index contributed by atoms with van der Waals surface area (Å²) in [7, 11) is 0. The summed E-state index contributed by atoms with van der Waals surface area (Å²) in [6.45, 7) is 1.94. The van der Waals surface area contributed by atoms with Gasteiger partial charge in [-0.1, -0.05) is 12.1 Å². The standard InChI is InChI=1S/C11H11NO2S/c1-8-2-4-10-6-9(7-15(13)14)3-5-11(10)12-8/h2-6H,7H2,1H3,(H,13,14). The van der Waals surface area contributed by atoms with Gasteiger partial charge in [0.2, 0.25) is 0 Å². The molecule has 1 aromatic carbocycles. The van der Waals surface area contributed by atoms with E-state index in [2.05, 4.69) is 4.98 Å². The Morgan fingerprint density at radius 2 is 2.13 bits per heavy atom. The maximum Gasteiger partial charge on any atom is 0.157 e. The van der Waals surface area contributed by atoms with Crippen LogP contribution in [0.15, 0.2) is 30.3 Å². The first-order chi connectivity index (χ1) is 7.15. The number of hydrogen-bond acceptors (Lipinski definition) is 2. The lowest BCUT2D eigenvalue weighted by molar-refractivity contribution is 0.563. The van der Waals surface area contributed by atoms with E-state index in [4.69, 9.17) is 4.55 Å². The smallest absolute Gasteiger partial charge is 0.157 e. The van der Waals surface area contributed by atoms with E-state index in [1.807, 2.05) is 37.3 Å². The van der Waals surface area contributed by atoms with Crippen LogP contribution in [0.1, 0.15) is 11.3 Å². The second kappa shape index (κ2) is 4.08. The normalized spacial score (nSPS) is 12.9. The predicted molar refractivity (Wildman–Crippen MR) is 61.0 cm³/mol. The molecule has 0 aliphatic rings. The van der Waals surface area contributed by atoms with E-state index in [9.17, 15) is 4.21 Å². The summed E-state index contributed by atoms with van der Waals surface area (Å²) in [5, 5.41) is 1.00. The molecule has 0 aliphatic heterocycles. The number of aromatic nitrogens is 1. The van der Waals surface area contributed by atoms with E-state index < -0.39 is 11.1 Å². The van der Waals surface area contributed by atoms with Crippen molar-refractivity contribution in [1.29, 1.82) is 0 Å². The lowest BCUT2D eigenvalue weighted by atomic mass is 10.1. The fraction of sp³-hybridized carbons (Fsp3) is 0.182. The molecule has 1 unspecified atom stereocenters. The highest BCUT2D eigenvalue weighted by Gasteiger charge is 2.00. The van der Waals surface area contributed by atoms with Crippen molar-refractivity contribution >= 4 is 22.0 Å². The molecule has 0 aliphatic carbocycles. The Balaban J connectivity index is 2.47. The number of pyridine rings is 1. The van der Waals surface area contributed by atoms with Crippen LogP contribution in [0.5, 0.6) is 0 Å². The minimum Gasteiger partial charge on any atom is -0.306 e. The Morgan fingerprint density at radius 1 is 1.33 bits per heavy atom. The largest absolute Gasteiger partial charge is 0.306 e. The van der Waals surface area contributed by atoms with Gasteiger partial charge in [0, 0.05) is 11.1 Å². The van der Waals surface area contributed by atoms with Crippen molar-refractivity contribution in [2.75, 3.05) is 0 Å². The average Bonchev–Trinajstić information content (AvgIpc) is 2.17. The topological polar surface area (TPSA) is 50.2 Å². The second-order valence-corrected chi connectivity index (χ2v) is 4.38. The van der Waals surface area contributed by atoms with Crippen LogP contribution >= 0.6 is 0 Å². The molecule has 0 amide bonds. The van der Waals surface area contributed by atoms with E-state index in [0.29, 0.717) is 0 Å². The molecule has 1 aromatic heterocycles. The van der Waals surface area contributed by atoms with Crippen LogP contribution in [-0.2, 0) is 16.8 Å². The Bertz CT molecular complexity index is 525. The highest BCUT2D eigenvalue weighted by Crippen LogP contribution is 2.15. The first kappa shape index (κ1) is 10.3. The van der Waals surface area contributed by atoms with Crippen LogP contribution in [0.4, 0.5) is 0 Å². The van der Waals surface area contributed by atoms with Gasteiger partial charge in [0.1, 0.15) is 0 Å². The summed E-state index contributed by atoms with van der Waals surface area (Å²) in [6.07, 6.45) is 0. The van der Waals surface area contributed by atoms with Gasteiger partial charge < -0.3 is 4.55 Å². The highest BCUT2D eigenvalue weighted by atomic mass is 32.2. The van der Waals surface area contributed by atoms with Gasteiger partial charge in [0.15, 0.2) is 11.1 Å². The van der Waals surface area contributed by atoms with Crippen molar-refractivity contribution in [2.45, 2.75) is 12.7 Å². The van der Waals surface area contributed by atoms with E-state index in [-0.39, 0.29) is 5.75 Å². The van der Waals surface area contributed by atoms with Gasteiger partial charge in [-0.2, -0.15) is 0 Å². The van der Waals surface area contributed by atoms with Crippen molar-refractivity contribution in [1.82, 2.24) is 4.98 Å². The lowest BCUT2D eigenvalue weighted by Crippen LogP contribution is -1.93. The molecule has 0 saturated heterocycles. The molecule has 2 aromatic rings.